The van der Waals surface area contributed by atoms with Gasteiger partial charge in [-0.15, -0.1) is 0 Å². The highest BCUT2D eigenvalue weighted by Gasteiger charge is 2.17. The number of carbonyl (C=O) groups excluding carboxylic acids is 1. The average molecular weight is 220 g/mol. The van der Waals surface area contributed by atoms with E-state index < -0.39 is 12.0 Å². The molecule has 0 saturated heterocycles. The van der Waals surface area contributed by atoms with E-state index >= 15 is 0 Å². The summed E-state index contributed by atoms with van der Waals surface area (Å²) in [6.45, 7) is 0. The zero-order valence-corrected chi connectivity index (χ0v) is 8.83. The van der Waals surface area contributed by atoms with Crippen molar-refractivity contribution in [2.75, 3.05) is 7.11 Å². The fraction of sp³-hybridized carbons (Fsp3) is 0.300. The molecule has 2 heterocycles. The van der Waals surface area contributed by atoms with Gasteiger partial charge in [-0.3, -0.25) is 4.79 Å². The van der Waals surface area contributed by atoms with Crippen molar-refractivity contribution >= 4 is 11.6 Å². The molecule has 2 aromatic rings. The third-order valence-electron chi connectivity index (χ3n) is 2.30. The molecule has 1 unspecified atom stereocenters. The van der Waals surface area contributed by atoms with Crippen molar-refractivity contribution < 1.29 is 9.53 Å². The second kappa shape index (κ2) is 4.28. The van der Waals surface area contributed by atoms with Gasteiger partial charge in [0, 0.05) is 24.4 Å². The smallest absolute Gasteiger partial charge is 0.322 e. The monoisotopic (exact) mass is 220 g/mol. The highest BCUT2D eigenvalue weighted by Crippen LogP contribution is 2.09. The van der Waals surface area contributed by atoms with Crippen LogP contribution in [-0.2, 0) is 16.0 Å². The predicted molar refractivity (Wildman–Crippen MR) is 56.7 cm³/mol. The minimum atomic E-state index is -0.681. The van der Waals surface area contributed by atoms with E-state index in [2.05, 4.69) is 14.8 Å². The van der Waals surface area contributed by atoms with Gasteiger partial charge in [0.2, 0.25) is 0 Å². The minimum absolute atomic E-state index is 0.368. The van der Waals surface area contributed by atoms with Crippen LogP contribution in [0.5, 0.6) is 0 Å². The molecule has 6 nitrogen and oxygen atoms in total. The van der Waals surface area contributed by atoms with E-state index in [1.165, 1.54) is 7.11 Å². The summed E-state index contributed by atoms with van der Waals surface area (Å²) >= 11 is 0. The first-order chi connectivity index (χ1) is 7.72. The molecule has 0 bridgehead atoms. The van der Waals surface area contributed by atoms with Crippen molar-refractivity contribution in [1.29, 1.82) is 0 Å². The molecule has 0 aliphatic rings. The van der Waals surface area contributed by atoms with Crippen molar-refractivity contribution in [2.45, 2.75) is 12.5 Å². The maximum absolute atomic E-state index is 11.2. The lowest BCUT2D eigenvalue weighted by molar-refractivity contribution is -0.142. The lowest BCUT2D eigenvalue weighted by Crippen LogP contribution is -2.33. The van der Waals surface area contributed by atoms with Gasteiger partial charge in [-0.25, -0.2) is 9.50 Å². The van der Waals surface area contributed by atoms with Crippen LogP contribution in [0.4, 0.5) is 0 Å². The van der Waals surface area contributed by atoms with Crippen molar-refractivity contribution in [3.05, 3.63) is 30.2 Å². The molecule has 84 valence electrons. The summed E-state index contributed by atoms with van der Waals surface area (Å²) in [6.07, 6.45) is 5.48. The molecular formula is C10H12N4O2. The largest absolute Gasteiger partial charge is 0.468 e. The molecule has 0 amide bonds. The Kier molecular flexibility index (Phi) is 2.82. The fourth-order valence-corrected chi connectivity index (χ4v) is 1.49. The molecule has 0 saturated carbocycles. The molecule has 6 heteroatoms. The van der Waals surface area contributed by atoms with Gasteiger partial charge in [-0.1, -0.05) is 0 Å². The first kappa shape index (κ1) is 10.6. The van der Waals surface area contributed by atoms with Crippen LogP contribution in [0, 0.1) is 0 Å². The van der Waals surface area contributed by atoms with Crippen molar-refractivity contribution in [3.63, 3.8) is 0 Å². The molecule has 2 rings (SSSR count). The van der Waals surface area contributed by atoms with Crippen LogP contribution in [0.2, 0.25) is 0 Å². The Morgan fingerprint density at radius 3 is 3.25 bits per heavy atom. The van der Waals surface area contributed by atoms with Gasteiger partial charge < -0.3 is 10.5 Å². The first-order valence-electron chi connectivity index (χ1n) is 4.83. The fourth-order valence-electron chi connectivity index (χ4n) is 1.49. The highest BCUT2D eigenvalue weighted by molar-refractivity contribution is 5.76. The number of ether oxygens (including phenoxy) is 1. The van der Waals surface area contributed by atoms with Crippen LogP contribution < -0.4 is 5.73 Å². The van der Waals surface area contributed by atoms with Gasteiger partial charge in [0.15, 0.2) is 5.65 Å². The van der Waals surface area contributed by atoms with Gasteiger partial charge in [-0.05, 0) is 6.07 Å². The maximum atomic E-state index is 11.2. The normalized spacial score (nSPS) is 12.6. The number of nitrogens with two attached hydrogens (primary N) is 1. The Balaban J connectivity index is 2.24. The van der Waals surface area contributed by atoms with E-state index in [4.69, 9.17) is 5.73 Å². The molecule has 0 aliphatic heterocycles. The van der Waals surface area contributed by atoms with Crippen LogP contribution in [0.25, 0.3) is 5.65 Å². The Morgan fingerprint density at radius 1 is 1.69 bits per heavy atom. The molecule has 0 aliphatic carbocycles. The van der Waals surface area contributed by atoms with Crippen molar-refractivity contribution in [3.8, 4) is 0 Å². The van der Waals surface area contributed by atoms with Gasteiger partial charge in [0.05, 0.1) is 13.3 Å². The molecule has 16 heavy (non-hydrogen) atoms. The van der Waals surface area contributed by atoms with Crippen LogP contribution in [-0.4, -0.2) is 33.7 Å². The molecule has 0 spiro atoms. The quantitative estimate of drug-likeness (QED) is 0.722. The van der Waals surface area contributed by atoms with Gasteiger partial charge in [0.25, 0.3) is 0 Å². The van der Waals surface area contributed by atoms with E-state index in [9.17, 15) is 4.79 Å². The van der Waals surface area contributed by atoms with Gasteiger partial charge in [0.1, 0.15) is 6.04 Å². The molecule has 0 fully saturated rings. The van der Waals surface area contributed by atoms with Crippen LogP contribution in [0.3, 0.4) is 0 Å². The standard InChI is InChI=1S/C10H12N4O2/c1-16-10(15)8(11)5-7-6-13-14-4-2-3-12-9(7)14/h2-4,6,8H,5,11H2,1H3. The predicted octanol–water partition coefficient (Wildman–Crippen LogP) is -0.228. The van der Waals surface area contributed by atoms with Crippen LogP contribution >= 0.6 is 0 Å². The van der Waals surface area contributed by atoms with E-state index in [0.717, 1.165) is 5.56 Å². The highest BCUT2D eigenvalue weighted by atomic mass is 16.5. The SMILES string of the molecule is COC(=O)C(N)Cc1cnn2cccnc12. The number of hydrogen-bond acceptors (Lipinski definition) is 5. The summed E-state index contributed by atoms with van der Waals surface area (Å²) in [5, 5.41) is 4.10. The number of methoxy groups -OCH3 is 1. The second-order valence-electron chi connectivity index (χ2n) is 3.39. The molecule has 0 aromatic carbocycles. The number of aromatic nitrogens is 3. The van der Waals surface area contributed by atoms with Gasteiger partial charge >= 0.3 is 5.97 Å². The van der Waals surface area contributed by atoms with E-state index in [0.29, 0.717) is 12.1 Å². The van der Waals surface area contributed by atoms with E-state index in [1.807, 2.05) is 0 Å². The van der Waals surface area contributed by atoms with E-state index in [1.54, 1.807) is 29.2 Å². The number of esters is 1. The van der Waals surface area contributed by atoms with Gasteiger partial charge in [-0.2, -0.15) is 5.10 Å². The number of hydrogen-bond donors (Lipinski definition) is 1. The van der Waals surface area contributed by atoms with Crippen molar-refractivity contribution in [1.82, 2.24) is 14.6 Å². The molecule has 0 radical (unpaired) electrons. The summed E-state index contributed by atoms with van der Waals surface area (Å²) in [4.78, 5) is 15.4. The van der Waals surface area contributed by atoms with Crippen LogP contribution in [0.15, 0.2) is 24.7 Å². The second-order valence-corrected chi connectivity index (χ2v) is 3.39. The number of nitrogens with zero attached hydrogens (tertiary/aromatic N) is 3. The molecular weight excluding hydrogens is 208 g/mol. The summed E-state index contributed by atoms with van der Waals surface area (Å²) < 4.78 is 6.20. The summed E-state index contributed by atoms with van der Waals surface area (Å²) in [5.41, 5.74) is 7.21. The van der Waals surface area contributed by atoms with Crippen LogP contribution in [0.1, 0.15) is 5.56 Å². The van der Waals surface area contributed by atoms with E-state index in [-0.39, 0.29) is 0 Å². The number of fused-ring (bicyclic) bond motifs is 1. The lowest BCUT2D eigenvalue weighted by atomic mass is 10.1. The Bertz CT molecular complexity index is 508. The maximum Gasteiger partial charge on any atom is 0.322 e. The first-order valence-corrected chi connectivity index (χ1v) is 4.83. The summed E-state index contributed by atoms with van der Waals surface area (Å²) in [6, 6.07) is 1.10. The average Bonchev–Trinajstić information content (AvgIpc) is 2.72. The summed E-state index contributed by atoms with van der Waals surface area (Å²) in [5.74, 6) is -0.435. The number of carbonyl (C=O) groups is 1. The Hall–Kier alpha value is -1.95. The third-order valence-corrected chi connectivity index (χ3v) is 2.30. The molecule has 2 N–H and O–H groups in total. The molecule has 1 atom stereocenters. The minimum Gasteiger partial charge on any atom is -0.468 e. The number of rotatable bonds is 3. The summed E-state index contributed by atoms with van der Waals surface area (Å²) in [7, 11) is 1.32. The zero-order chi connectivity index (χ0) is 11.5. The zero-order valence-electron chi connectivity index (χ0n) is 8.83. The topological polar surface area (TPSA) is 82.5 Å². The van der Waals surface area contributed by atoms with Crippen molar-refractivity contribution in [2.24, 2.45) is 5.73 Å². The molecule has 2 aromatic heterocycles. The Labute approximate surface area is 92.0 Å². The lowest BCUT2D eigenvalue weighted by Gasteiger charge is -2.07. The third kappa shape index (κ3) is 1.87. The Morgan fingerprint density at radius 2 is 2.50 bits per heavy atom.